The molecule has 0 aromatic heterocycles. The van der Waals surface area contributed by atoms with Crippen LogP contribution in [0.4, 0.5) is 0 Å². The molecule has 0 aliphatic rings. The van der Waals surface area contributed by atoms with Crippen LogP contribution in [0.15, 0.2) is 18.2 Å². The lowest BCUT2D eigenvalue weighted by Gasteiger charge is -2.07. The molecule has 0 aliphatic carbocycles. The summed E-state index contributed by atoms with van der Waals surface area (Å²) in [4.78, 5) is 22.2. The van der Waals surface area contributed by atoms with Crippen molar-refractivity contribution in [1.82, 2.24) is 0 Å². The summed E-state index contributed by atoms with van der Waals surface area (Å²) in [6, 6.07) is 4.52. The number of aromatic hydroxyl groups is 1. The van der Waals surface area contributed by atoms with Crippen molar-refractivity contribution in [1.29, 1.82) is 0 Å². The molecule has 2 N–H and O–H groups in total. The van der Waals surface area contributed by atoms with E-state index in [1.807, 2.05) is 0 Å². The zero-order chi connectivity index (χ0) is 11.6. The highest BCUT2D eigenvalue weighted by Crippen LogP contribution is 2.21. The van der Waals surface area contributed by atoms with E-state index < -0.39 is 17.7 Å². The third kappa shape index (κ3) is 2.34. The Morgan fingerprint density at radius 1 is 1.33 bits per heavy atom. The van der Waals surface area contributed by atoms with Crippen molar-refractivity contribution in [3.8, 4) is 5.75 Å². The molecule has 1 aromatic rings. The number of carboxylic acids is 1. The second-order valence-electron chi connectivity index (χ2n) is 3.44. The first-order valence-electron chi connectivity index (χ1n) is 4.50. The van der Waals surface area contributed by atoms with E-state index in [9.17, 15) is 14.7 Å². The van der Waals surface area contributed by atoms with Crippen molar-refractivity contribution < 1.29 is 19.8 Å². The van der Waals surface area contributed by atoms with Crippen LogP contribution in [0.3, 0.4) is 0 Å². The van der Waals surface area contributed by atoms with E-state index in [4.69, 9.17) is 5.11 Å². The molecule has 0 radical (unpaired) electrons. The van der Waals surface area contributed by atoms with Gasteiger partial charge in [0.25, 0.3) is 0 Å². The number of rotatable bonds is 3. The summed E-state index contributed by atoms with van der Waals surface area (Å²) in [5.74, 6) is -3.10. The summed E-state index contributed by atoms with van der Waals surface area (Å²) >= 11 is 0. The van der Waals surface area contributed by atoms with Gasteiger partial charge in [0.15, 0.2) is 5.78 Å². The molecule has 1 aromatic carbocycles. The first-order chi connectivity index (χ1) is 6.93. The van der Waals surface area contributed by atoms with Crippen LogP contribution in [0.2, 0.25) is 0 Å². The van der Waals surface area contributed by atoms with Crippen molar-refractivity contribution in [3.63, 3.8) is 0 Å². The molecule has 0 heterocycles. The third-order valence-electron chi connectivity index (χ3n) is 2.18. The first kappa shape index (κ1) is 11.2. The minimum absolute atomic E-state index is 0.0601. The number of phenols is 1. The van der Waals surface area contributed by atoms with E-state index >= 15 is 0 Å². The van der Waals surface area contributed by atoms with E-state index in [-0.39, 0.29) is 11.3 Å². The van der Waals surface area contributed by atoms with Gasteiger partial charge in [0.1, 0.15) is 11.7 Å². The molecular formula is C11H12O4. The predicted molar refractivity (Wildman–Crippen MR) is 54.0 cm³/mol. The standard InChI is InChI=1S/C11H12O4/c1-6-3-4-9(12)8(5-6)10(13)7(2)11(14)15/h3-5,7,12H,1-2H3,(H,14,15). The normalized spacial score (nSPS) is 12.1. The highest BCUT2D eigenvalue weighted by atomic mass is 16.4. The number of carboxylic acid groups (broad SMARTS) is 1. The first-order valence-corrected chi connectivity index (χ1v) is 4.50. The van der Waals surface area contributed by atoms with Crippen molar-refractivity contribution in [3.05, 3.63) is 29.3 Å². The van der Waals surface area contributed by atoms with Crippen LogP contribution in [0.5, 0.6) is 5.75 Å². The molecule has 0 fully saturated rings. The van der Waals surface area contributed by atoms with Gasteiger partial charge in [-0.2, -0.15) is 0 Å². The topological polar surface area (TPSA) is 74.6 Å². The number of aliphatic carboxylic acids is 1. The van der Waals surface area contributed by atoms with E-state index in [2.05, 4.69) is 0 Å². The van der Waals surface area contributed by atoms with Gasteiger partial charge in [-0.15, -0.1) is 0 Å². The van der Waals surface area contributed by atoms with Gasteiger partial charge in [-0.05, 0) is 26.0 Å². The molecule has 0 aliphatic heterocycles. The van der Waals surface area contributed by atoms with Crippen LogP contribution >= 0.6 is 0 Å². The zero-order valence-corrected chi connectivity index (χ0v) is 8.52. The third-order valence-corrected chi connectivity index (χ3v) is 2.18. The quantitative estimate of drug-likeness (QED) is 0.584. The molecule has 0 saturated heterocycles. The van der Waals surface area contributed by atoms with E-state index in [1.165, 1.54) is 19.1 Å². The maximum atomic E-state index is 11.6. The Labute approximate surface area is 87.2 Å². The van der Waals surface area contributed by atoms with Gasteiger partial charge in [0.05, 0.1) is 5.56 Å². The van der Waals surface area contributed by atoms with Crippen molar-refractivity contribution in [2.75, 3.05) is 0 Å². The fourth-order valence-electron chi connectivity index (χ4n) is 1.19. The second-order valence-corrected chi connectivity index (χ2v) is 3.44. The van der Waals surface area contributed by atoms with Crippen molar-refractivity contribution in [2.24, 2.45) is 5.92 Å². The molecule has 0 amide bonds. The van der Waals surface area contributed by atoms with Gasteiger partial charge in [-0.25, -0.2) is 0 Å². The summed E-state index contributed by atoms with van der Waals surface area (Å²) in [7, 11) is 0. The lowest BCUT2D eigenvalue weighted by molar-refractivity contribution is -0.139. The van der Waals surface area contributed by atoms with Crippen molar-refractivity contribution >= 4 is 11.8 Å². The minimum Gasteiger partial charge on any atom is -0.507 e. The number of hydrogen-bond acceptors (Lipinski definition) is 3. The Morgan fingerprint density at radius 3 is 2.47 bits per heavy atom. The summed E-state index contributed by atoms with van der Waals surface area (Å²) in [6.45, 7) is 3.06. The van der Waals surface area contributed by atoms with Crippen LogP contribution in [0, 0.1) is 12.8 Å². The molecular weight excluding hydrogens is 196 g/mol. The largest absolute Gasteiger partial charge is 0.507 e. The van der Waals surface area contributed by atoms with E-state index in [1.54, 1.807) is 13.0 Å². The summed E-state index contributed by atoms with van der Waals surface area (Å²) in [5.41, 5.74) is 0.860. The average Bonchev–Trinajstić information content (AvgIpc) is 2.19. The molecule has 0 spiro atoms. The fourth-order valence-corrected chi connectivity index (χ4v) is 1.19. The number of phenolic OH excluding ortho intramolecular Hbond substituents is 1. The van der Waals surface area contributed by atoms with E-state index in [0.717, 1.165) is 5.56 Å². The number of carbonyl (C=O) groups is 2. The lowest BCUT2D eigenvalue weighted by Crippen LogP contribution is -2.20. The number of hydrogen-bond donors (Lipinski definition) is 2. The highest BCUT2D eigenvalue weighted by Gasteiger charge is 2.24. The summed E-state index contributed by atoms with van der Waals surface area (Å²) in [5, 5.41) is 18.1. The van der Waals surface area contributed by atoms with Crippen LogP contribution in [-0.2, 0) is 4.79 Å². The SMILES string of the molecule is Cc1ccc(O)c(C(=O)C(C)C(=O)O)c1. The van der Waals surface area contributed by atoms with Crippen LogP contribution in [0.1, 0.15) is 22.8 Å². The minimum atomic E-state index is -1.19. The number of ketones is 1. The smallest absolute Gasteiger partial charge is 0.314 e. The highest BCUT2D eigenvalue weighted by molar-refractivity contribution is 6.09. The molecule has 80 valence electrons. The maximum Gasteiger partial charge on any atom is 0.314 e. The monoisotopic (exact) mass is 208 g/mol. The van der Waals surface area contributed by atoms with Gasteiger partial charge < -0.3 is 10.2 Å². The summed E-state index contributed by atoms with van der Waals surface area (Å²) in [6.07, 6.45) is 0. The number of carbonyl (C=O) groups excluding carboxylic acids is 1. The maximum absolute atomic E-state index is 11.6. The lowest BCUT2D eigenvalue weighted by atomic mass is 9.97. The Balaban J connectivity index is 3.11. The number of benzene rings is 1. The molecule has 0 saturated carbocycles. The van der Waals surface area contributed by atoms with Crippen molar-refractivity contribution in [2.45, 2.75) is 13.8 Å². The Bertz CT molecular complexity index is 409. The van der Waals surface area contributed by atoms with Gasteiger partial charge in [0, 0.05) is 0 Å². The predicted octanol–water partition coefficient (Wildman–Crippen LogP) is 1.60. The Kier molecular flexibility index (Phi) is 3.09. The van der Waals surface area contributed by atoms with Gasteiger partial charge in [0.2, 0.25) is 0 Å². The Hall–Kier alpha value is -1.84. The Morgan fingerprint density at radius 2 is 1.93 bits per heavy atom. The molecule has 1 atom stereocenters. The van der Waals surface area contributed by atoms with Crippen LogP contribution in [-0.4, -0.2) is 22.0 Å². The molecule has 1 rings (SSSR count). The molecule has 1 unspecified atom stereocenters. The second kappa shape index (κ2) is 4.13. The molecule has 0 bridgehead atoms. The molecule has 4 nitrogen and oxygen atoms in total. The molecule has 15 heavy (non-hydrogen) atoms. The van der Waals surface area contributed by atoms with Gasteiger partial charge in [-0.3, -0.25) is 9.59 Å². The van der Waals surface area contributed by atoms with Gasteiger partial charge in [-0.1, -0.05) is 11.6 Å². The average molecular weight is 208 g/mol. The van der Waals surface area contributed by atoms with E-state index in [0.29, 0.717) is 0 Å². The van der Waals surface area contributed by atoms with Crippen LogP contribution in [0.25, 0.3) is 0 Å². The zero-order valence-electron chi connectivity index (χ0n) is 8.52. The summed E-state index contributed by atoms with van der Waals surface area (Å²) < 4.78 is 0. The fraction of sp³-hybridized carbons (Fsp3) is 0.273. The number of aryl methyl sites for hydroxylation is 1. The van der Waals surface area contributed by atoms with Crippen LogP contribution < -0.4 is 0 Å². The molecule has 4 heteroatoms. The number of Topliss-reactive ketones (excluding diaryl/α,β-unsaturated/α-hetero) is 1. The van der Waals surface area contributed by atoms with Gasteiger partial charge >= 0.3 is 5.97 Å².